The molecule has 1 heterocycles. The van der Waals surface area contributed by atoms with Crippen LogP contribution >= 0.6 is 0 Å². The minimum absolute atomic E-state index is 0.0785. The molecular weight excluding hydrogens is 344 g/mol. The summed E-state index contributed by atoms with van der Waals surface area (Å²) in [6.07, 6.45) is 5.33. The highest BCUT2D eigenvalue weighted by Crippen LogP contribution is 2.13. The summed E-state index contributed by atoms with van der Waals surface area (Å²) in [7, 11) is 1.47. The van der Waals surface area contributed by atoms with Crippen LogP contribution < -0.4 is 16.2 Å². The molecule has 0 aliphatic carbocycles. The maximum absolute atomic E-state index is 12.5. The zero-order chi connectivity index (χ0) is 19.4. The molecule has 0 fully saturated rings. The molecule has 2 amide bonds. The van der Waals surface area contributed by atoms with Gasteiger partial charge in [0.2, 0.25) is 5.91 Å². The van der Waals surface area contributed by atoms with Gasteiger partial charge in [-0.15, -0.1) is 6.42 Å². The lowest BCUT2D eigenvalue weighted by molar-refractivity contribution is -0.115. The molecule has 3 aromatic rings. The number of fused-ring (bicyclic) bond motifs is 1. The Morgan fingerprint density at radius 1 is 1.15 bits per heavy atom. The highest BCUT2D eigenvalue weighted by molar-refractivity contribution is 6.06. The second-order valence-electron chi connectivity index (χ2n) is 5.78. The van der Waals surface area contributed by atoms with Gasteiger partial charge in [-0.25, -0.2) is 4.68 Å². The van der Waals surface area contributed by atoms with Crippen molar-refractivity contribution in [1.29, 1.82) is 0 Å². The summed E-state index contributed by atoms with van der Waals surface area (Å²) in [6, 6.07) is 13.5. The van der Waals surface area contributed by atoms with E-state index in [0.29, 0.717) is 22.0 Å². The van der Waals surface area contributed by atoms with Crippen molar-refractivity contribution in [1.82, 2.24) is 15.1 Å². The van der Waals surface area contributed by atoms with Crippen molar-refractivity contribution < 1.29 is 9.59 Å². The van der Waals surface area contributed by atoms with Gasteiger partial charge in [0.05, 0.1) is 11.9 Å². The highest BCUT2D eigenvalue weighted by atomic mass is 16.2. The van der Waals surface area contributed by atoms with E-state index in [0.717, 1.165) is 4.68 Å². The van der Waals surface area contributed by atoms with Crippen LogP contribution in [-0.4, -0.2) is 28.1 Å². The van der Waals surface area contributed by atoms with Crippen molar-refractivity contribution in [3.63, 3.8) is 0 Å². The maximum Gasteiger partial charge on any atom is 0.274 e. The van der Waals surface area contributed by atoms with Crippen molar-refractivity contribution in [2.24, 2.45) is 7.05 Å². The average Bonchev–Trinajstić information content (AvgIpc) is 2.69. The fraction of sp³-hybridized carbons (Fsp3) is 0.100. The first-order valence-corrected chi connectivity index (χ1v) is 8.10. The van der Waals surface area contributed by atoms with E-state index < -0.39 is 11.8 Å². The van der Waals surface area contributed by atoms with E-state index in [9.17, 15) is 14.4 Å². The summed E-state index contributed by atoms with van der Waals surface area (Å²) in [6.45, 7) is -0.252. The quantitative estimate of drug-likeness (QED) is 0.686. The lowest BCUT2D eigenvalue weighted by Gasteiger charge is -2.09. The van der Waals surface area contributed by atoms with E-state index in [-0.39, 0.29) is 17.8 Å². The molecule has 0 aliphatic heterocycles. The van der Waals surface area contributed by atoms with Gasteiger partial charge in [-0.05, 0) is 24.3 Å². The molecule has 0 spiro atoms. The molecule has 0 saturated carbocycles. The number of nitrogens with zero attached hydrogens (tertiary/aromatic N) is 2. The van der Waals surface area contributed by atoms with Crippen LogP contribution in [0.25, 0.3) is 10.8 Å². The summed E-state index contributed by atoms with van der Waals surface area (Å²) in [5, 5.41) is 10.0. The molecule has 0 atom stereocenters. The van der Waals surface area contributed by atoms with E-state index in [2.05, 4.69) is 21.7 Å². The van der Waals surface area contributed by atoms with E-state index in [4.69, 9.17) is 6.42 Å². The van der Waals surface area contributed by atoms with Crippen LogP contribution in [0, 0.1) is 12.3 Å². The molecule has 2 aromatic carbocycles. The lowest BCUT2D eigenvalue weighted by Crippen LogP contribution is -2.35. The smallest absolute Gasteiger partial charge is 0.274 e. The number of terminal acetylenes is 1. The van der Waals surface area contributed by atoms with Gasteiger partial charge in [0.25, 0.3) is 11.5 Å². The standard InChI is InChI=1S/C20H16N4O3/c1-3-13-7-6-8-14(11-13)22-17(25)12-21-19(26)18-15-9-4-5-10-16(15)20(27)24(2)23-18/h1,4-11H,12H2,2H3,(H,21,26)(H,22,25). The van der Waals surface area contributed by atoms with Crippen LogP contribution in [0.3, 0.4) is 0 Å². The van der Waals surface area contributed by atoms with Crippen molar-refractivity contribution in [3.05, 3.63) is 70.1 Å². The fourth-order valence-electron chi connectivity index (χ4n) is 2.60. The Labute approximate surface area is 155 Å². The molecule has 27 heavy (non-hydrogen) atoms. The van der Waals surface area contributed by atoms with Gasteiger partial charge < -0.3 is 10.6 Å². The molecule has 0 saturated heterocycles. The number of carbonyl (C=O) groups excluding carboxylic acids is 2. The predicted octanol–water partition coefficient (Wildman–Crippen LogP) is 1.28. The molecule has 2 N–H and O–H groups in total. The van der Waals surface area contributed by atoms with Crippen LogP contribution in [-0.2, 0) is 11.8 Å². The number of nitrogens with one attached hydrogen (secondary N) is 2. The van der Waals surface area contributed by atoms with Gasteiger partial charge in [0, 0.05) is 23.7 Å². The Kier molecular flexibility index (Phi) is 4.99. The number of aryl methyl sites for hydroxylation is 1. The monoisotopic (exact) mass is 360 g/mol. The lowest BCUT2D eigenvalue weighted by atomic mass is 10.1. The van der Waals surface area contributed by atoms with Gasteiger partial charge in [0.1, 0.15) is 0 Å². The van der Waals surface area contributed by atoms with Crippen molar-refractivity contribution in [2.45, 2.75) is 0 Å². The van der Waals surface area contributed by atoms with Gasteiger partial charge >= 0.3 is 0 Å². The summed E-state index contributed by atoms with van der Waals surface area (Å²) >= 11 is 0. The molecule has 0 radical (unpaired) electrons. The molecule has 7 heteroatoms. The number of rotatable bonds is 4. The van der Waals surface area contributed by atoms with Crippen LogP contribution in [0.4, 0.5) is 5.69 Å². The summed E-state index contributed by atoms with van der Waals surface area (Å²) in [5.74, 6) is 1.52. The van der Waals surface area contributed by atoms with E-state index in [1.54, 1.807) is 48.5 Å². The fourth-order valence-corrected chi connectivity index (χ4v) is 2.60. The maximum atomic E-state index is 12.5. The van der Waals surface area contributed by atoms with Crippen LogP contribution in [0.15, 0.2) is 53.3 Å². The third-order valence-electron chi connectivity index (χ3n) is 3.89. The summed E-state index contributed by atoms with van der Waals surface area (Å²) < 4.78 is 1.10. The zero-order valence-electron chi connectivity index (χ0n) is 14.5. The Morgan fingerprint density at radius 3 is 2.63 bits per heavy atom. The SMILES string of the molecule is C#Cc1cccc(NC(=O)CNC(=O)c2nn(C)c(=O)c3ccccc23)c1. The van der Waals surface area contributed by atoms with Crippen molar-refractivity contribution >= 4 is 28.3 Å². The third kappa shape index (κ3) is 3.85. The number of benzene rings is 2. The second kappa shape index (κ2) is 7.54. The van der Waals surface area contributed by atoms with E-state index in [1.165, 1.54) is 7.05 Å². The van der Waals surface area contributed by atoms with Gasteiger partial charge in [-0.3, -0.25) is 14.4 Å². The number of carbonyl (C=O) groups is 2. The van der Waals surface area contributed by atoms with Crippen molar-refractivity contribution in [2.75, 3.05) is 11.9 Å². The average molecular weight is 360 g/mol. The Morgan fingerprint density at radius 2 is 1.89 bits per heavy atom. The number of aromatic nitrogens is 2. The molecular formula is C20H16N4O3. The number of hydrogen-bond acceptors (Lipinski definition) is 4. The molecule has 0 unspecified atom stereocenters. The minimum Gasteiger partial charge on any atom is -0.342 e. The van der Waals surface area contributed by atoms with Gasteiger partial charge in [0.15, 0.2) is 5.69 Å². The largest absolute Gasteiger partial charge is 0.342 e. The van der Waals surface area contributed by atoms with E-state index >= 15 is 0 Å². The normalized spacial score (nSPS) is 10.2. The molecule has 7 nitrogen and oxygen atoms in total. The van der Waals surface area contributed by atoms with Crippen LogP contribution in [0.2, 0.25) is 0 Å². The Balaban J connectivity index is 1.74. The number of amides is 2. The number of hydrogen-bond donors (Lipinski definition) is 2. The zero-order valence-corrected chi connectivity index (χ0v) is 14.5. The first-order valence-electron chi connectivity index (χ1n) is 8.10. The molecule has 3 rings (SSSR count). The highest BCUT2D eigenvalue weighted by Gasteiger charge is 2.16. The Hall–Kier alpha value is -3.92. The molecule has 134 valence electrons. The summed E-state index contributed by atoms with van der Waals surface area (Å²) in [5.41, 5.74) is 0.955. The molecule has 0 aliphatic rings. The molecule has 1 aromatic heterocycles. The Bertz CT molecular complexity index is 1140. The summed E-state index contributed by atoms with van der Waals surface area (Å²) in [4.78, 5) is 36.7. The minimum atomic E-state index is -0.547. The first-order chi connectivity index (χ1) is 13.0. The van der Waals surface area contributed by atoms with Crippen molar-refractivity contribution in [3.8, 4) is 12.3 Å². The van der Waals surface area contributed by atoms with Crippen LogP contribution in [0.1, 0.15) is 16.1 Å². The topological polar surface area (TPSA) is 93.1 Å². The predicted molar refractivity (Wildman–Crippen MR) is 102 cm³/mol. The number of anilines is 1. The first kappa shape index (κ1) is 17.9. The molecule has 0 bridgehead atoms. The third-order valence-corrected chi connectivity index (χ3v) is 3.89. The van der Waals surface area contributed by atoms with Crippen LogP contribution in [0.5, 0.6) is 0 Å². The van der Waals surface area contributed by atoms with E-state index in [1.807, 2.05) is 0 Å². The van der Waals surface area contributed by atoms with Gasteiger partial charge in [-0.1, -0.05) is 30.2 Å². The van der Waals surface area contributed by atoms with Gasteiger partial charge in [-0.2, -0.15) is 5.10 Å². The second-order valence-corrected chi connectivity index (χ2v) is 5.78.